The van der Waals surface area contributed by atoms with Gasteiger partial charge in [0, 0.05) is 21.7 Å². The van der Waals surface area contributed by atoms with E-state index in [0.29, 0.717) is 17.5 Å². The highest BCUT2D eigenvalue weighted by molar-refractivity contribution is 9.10. The Hall–Kier alpha value is -2.01. The second-order valence-electron chi connectivity index (χ2n) is 5.39. The summed E-state index contributed by atoms with van der Waals surface area (Å²) in [5.41, 5.74) is 0.944. The normalized spacial score (nSPS) is 11.7. The third-order valence-electron chi connectivity index (χ3n) is 3.74. The van der Waals surface area contributed by atoms with Gasteiger partial charge >= 0.3 is 0 Å². The van der Waals surface area contributed by atoms with Gasteiger partial charge in [-0.1, -0.05) is 53.2 Å². The summed E-state index contributed by atoms with van der Waals surface area (Å²) in [6, 6.07) is 15.1. The standard InChI is InChI=1S/C19H18BrF2NO/c1-2-16(23-19(24)14-6-4-3-5-7-14)12-17(18(21)22)13-8-10-15(20)11-9-13/h3-11,16H,2,12H2,1H3,(H,23,24). The van der Waals surface area contributed by atoms with E-state index in [0.717, 1.165) is 4.47 Å². The number of hydrogen-bond acceptors (Lipinski definition) is 1. The van der Waals surface area contributed by atoms with Crippen molar-refractivity contribution >= 4 is 27.4 Å². The van der Waals surface area contributed by atoms with Crippen molar-refractivity contribution < 1.29 is 13.6 Å². The Morgan fingerprint density at radius 2 is 1.67 bits per heavy atom. The van der Waals surface area contributed by atoms with Gasteiger partial charge in [0.1, 0.15) is 0 Å². The number of carbonyl (C=O) groups excluding carboxylic acids is 1. The molecule has 126 valence electrons. The number of rotatable bonds is 6. The van der Waals surface area contributed by atoms with Crippen LogP contribution in [-0.4, -0.2) is 11.9 Å². The highest BCUT2D eigenvalue weighted by atomic mass is 79.9. The highest BCUT2D eigenvalue weighted by Crippen LogP contribution is 2.27. The Labute approximate surface area is 148 Å². The van der Waals surface area contributed by atoms with Crippen LogP contribution in [0.1, 0.15) is 35.7 Å². The lowest BCUT2D eigenvalue weighted by Crippen LogP contribution is -2.34. The Morgan fingerprint density at radius 3 is 2.21 bits per heavy atom. The van der Waals surface area contributed by atoms with Crippen LogP contribution in [0.4, 0.5) is 8.78 Å². The predicted octanol–water partition coefficient (Wildman–Crippen LogP) is 5.66. The third kappa shape index (κ3) is 4.99. The van der Waals surface area contributed by atoms with Crippen LogP contribution in [0, 0.1) is 0 Å². The van der Waals surface area contributed by atoms with Gasteiger partial charge in [-0.3, -0.25) is 4.79 Å². The molecule has 1 unspecified atom stereocenters. The van der Waals surface area contributed by atoms with Gasteiger partial charge in [-0.05, 0) is 42.7 Å². The maximum atomic E-state index is 13.4. The van der Waals surface area contributed by atoms with Crippen molar-refractivity contribution in [2.75, 3.05) is 0 Å². The van der Waals surface area contributed by atoms with E-state index in [9.17, 15) is 13.6 Å². The Bertz CT molecular complexity index is 710. The van der Waals surface area contributed by atoms with E-state index >= 15 is 0 Å². The molecule has 1 atom stereocenters. The van der Waals surface area contributed by atoms with Crippen molar-refractivity contribution in [3.8, 4) is 0 Å². The summed E-state index contributed by atoms with van der Waals surface area (Å²) in [5.74, 6) is -0.253. The Balaban J connectivity index is 2.13. The van der Waals surface area contributed by atoms with Crippen molar-refractivity contribution in [2.45, 2.75) is 25.8 Å². The zero-order valence-corrected chi connectivity index (χ0v) is 14.8. The maximum absolute atomic E-state index is 13.4. The minimum atomic E-state index is -1.72. The van der Waals surface area contributed by atoms with Gasteiger partial charge in [0.05, 0.1) is 0 Å². The largest absolute Gasteiger partial charge is 0.349 e. The second kappa shape index (κ2) is 8.73. The van der Waals surface area contributed by atoms with Gasteiger partial charge in [-0.2, -0.15) is 8.78 Å². The van der Waals surface area contributed by atoms with Gasteiger partial charge in [-0.15, -0.1) is 0 Å². The van der Waals surface area contributed by atoms with Crippen LogP contribution in [-0.2, 0) is 0 Å². The monoisotopic (exact) mass is 393 g/mol. The number of nitrogens with one attached hydrogen (secondary N) is 1. The summed E-state index contributed by atoms with van der Waals surface area (Å²) in [7, 11) is 0. The van der Waals surface area contributed by atoms with Crippen molar-refractivity contribution in [2.24, 2.45) is 0 Å². The second-order valence-corrected chi connectivity index (χ2v) is 6.31. The molecular formula is C19H18BrF2NO. The number of halogens is 3. The van der Waals surface area contributed by atoms with Crippen LogP contribution in [0.25, 0.3) is 5.57 Å². The predicted molar refractivity (Wildman–Crippen MR) is 95.9 cm³/mol. The average Bonchev–Trinajstić information content (AvgIpc) is 2.59. The molecule has 2 nitrogen and oxygen atoms in total. The van der Waals surface area contributed by atoms with Gasteiger partial charge in [-0.25, -0.2) is 0 Å². The fourth-order valence-electron chi connectivity index (χ4n) is 2.36. The molecule has 0 fully saturated rings. The molecule has 0 aliphatic heterocycles. The molecule has 24 heavy (non-hydrogen) atoms. The van der Waals surface area contributed by atoms with E-state index in [4.69, 9.17) is 0 Å². The molecule has 0 radical (unpaired) electrons. The first-order chi connectivity index (χ1) is 11.5. The molecule has 0 bridgehead atoms. The summed E-state index contributed by atoms with van der Waals surface area (Å²) in [5, 5.41) is 2.83. The molecule has 2 rings (SSSR count). The first-order valence-corrected chi connectivity index (χ1v) is 8.46. The van der Waals surface area contributed by atoms with E-state index in [-0.39, 0.29) is 23.9 Å². The minimum absolute atomic E-state index is 0.0392. The summed E-state index contributed by atoms with van der Waals surface area (Å²) in [6.07, 6.45) is -1.07. The summed E-state index contributed by atoms with van der Waals surface area (Å²) in [6.45, 7) is 1.87. The number of carbonyl (C=O) groups is 1. The number of hydrogen-bond donors (Lipinski definition) is 1. The molecule has 0 aliphatic carbocycles. The van der Waals surface area contributed by atoms with Gasteiger partial charge in [0.2, 0.25) is 0 Å². The van der Waals surface area contributed by atoms with Crippen molar-refractivity contribution in [1.29, 1.82) is 0 Å². The molecule has 0 heterocycles. The van der Waals surface area contributed by atoms with Gasteiger partial charge in [0.25, 0.3) is 12.0 Å². The van der Waals surface area contributed by atoms with Crippen LogP contribution >= 0.6 is 15.9 Å². The zero-order chi connectivity index (χ0) is 17.5. The lowest BCUT2D eigenvalue weighted by molar-refractivity contribution is 0.0936. The van der Waals surface area contributed by atoms with E-state index in [1.165, 1.54) is 0 Å². The summed E-state index contributed by atoms with van der Waals surface area (Å²) < 4.78 is 27.6. The molecule has 0 saturated carbocycles. The lowest BCUT2D eigenvalue weighted by Gasteiger charge is -2.19. The fraction of sp³-hybridized carbons (Fsp3) is 0.211. The number of benzene rings is 2. The van der Waals surface area contributed by atoms with Crippen LogP contribution in [0.15, 0.2) is 65.2 Å². The van der Waals surface area contributed by atoms with E-state index in [1.54, 1.807) is 48.5 Å². The Kier molecular flexibility index (Phi) is 6.67. The zero-order valence-electron chi connectivity index (χ0n) is 13.2. The topological polar surface area (TPSA) is 29.1 Å². The van der Waals surface area contributed by atoms with Crippen LogP contribution in [0.3, 0.4) is 0 Å². The Morgan fingerprint density at radius 1 is 1.04 bits per heavy atom. The first-order valence-electron chi connectivity index (χ1n) is 7.67. The molecule has 0 aromatic heterocycles. The van der Waals surface area contributed by atoms with Gasteiger partial charge in [0.15, 0.2) is 0 Å². The number of amides is 1. The molecule has 2 aromatic rings. The molecular weight excluding hydrogens is 376 g/mol. The first kappa shape index (κ1) is 18.3. The molecule has 5 heteroatoms. The molecule has 0 aliphatic rings. The van der Waals surface area contributed by atoms with Crippen LogP contribution < -0.4 is 5.32 Å². The van der Waals surface area contributed by atoms with Crippen molar-refractivity contribution in [3.63, 3.8) is 0 Å². The van der Waals surface area contributed by atoms with Crippen molar-refractivity contribution in [1.82, 2.24) is 5.32 Å². The molecule has 0 spiro atoms. The third-order valence-corrected chi connectivity index (χ3v) is 4.26. The summed E-state index contributed by atoms with van der Waals surface area (Å²) in [4.78, 5) is 12.2. The van der Waals surface area contributed by atoms with E-state index in [1.807, 2.05) is 13.0 Å². The fourth-order valence-corrected chi connectivity index (χ4v) is 2.62. The molecule has 1 N–H and O–H groups in total. The van der Waals surface area contributed by atoms with Crippen LogP contribution in [0.5, 0.6) is 0 Å². The highest BCUT2D eigenvalue weighted by Gasteiger charge is 2.18. The quantitative estimate of drug-likeness (QED) is 0.674. The van der Waals surface area contributed by atoms with E-state index in [2.05, 4.69) is 21.2 Å². The van der Waals surface area contributed by atoms with E-state index < -0.39 is 6.08 Å². The maximum Gasteiger partial charge on any atom is 0.274 e. The minimum Gasteiger partial charge on any atom is -0.349 e. The molecule has 1 amide bonds. The average molecular weight is 394 g/mol. The van der Waals surface area contributed by atoms with Crippen LogP contribution in [0.2, 0.25) is 0 Å². The van der Waals surface area contributed by atoms with Crippen molar-refractivity contribution in [3.05, 3.63) is 76.3 Å². The SMILES string of the molecule is CCC(CC(=C(F)F)c1ccc(Br)cc1)NC(=O)c1ccccc1. The lowest BCUT2D eigenvalue weighted by atomic mass is 9.98. The van der Waals surface area contributed by atoms with Gasteiger partial charge < -0.3 is 5.32 Å². The summed E-state index contributed by atoms with van der Waals surface area (Å²) >= 11 is 3.29. The smallest absolute Gasteiger partial charge is 0.274 e. The molecule has 2 aromatic carbocycles. The molecule has 0 saturated heterocycles.